The maximum absolute atomic E-state index is 13.0. The first-order valence-corrected chi connectivity index (χ1v) is 11.3. The molecular weight excluding hydrogens is 392 g/mol. The van der Waals surface area contributed by atoms with E-state index in [9.17, 15) is 13.2 Å². The van der Waals surface area contributed by atoms with Crippen LogP contribution >= 0.6 is 0 Å². The minimum absolute atomic E-state index is 0.214. The average molecular weight is 419 g/mol. The number of nitrogens with one attached hydrogen (secondary N) is 1. The molecule has 2 aromatic rings. The number of rotatable bonds is 6. The molecule has 0 radical (unpaired) electrons. The third kappa shape index (κ3) is 4.64. The summed E-state index contributed by atoms with van der Waals surface area (Å²) in [6.07, 6.45) is 1.08. The fraction of sp³-hybridized carbons (Fsp3) is 0.381. The number of ether oxygens (including phenoxy) is 2. The summed E-state index contributed by atoms with van der Waals surface area (Å²) in [6, 6.07) is 11.4. The van der Waals surface area contributed by atoms with Crippen LogP contribution in [0, 0.1) is 0 Å². The molecule has 3 rings (SSSR count). The Kier molecular flexibility index (Phi) is 6.02. The molecule has 0 saturated carbocycles. The Bertz CT molecular complexity index is 1000. The van der Waals surface area contributed by atoms with Crippen LogP contribution in [0.4, 0.5) is 11.4 Å². The van der Waals surface area contributed by atoms with Crippen molar-refractivity contribution in [2.24, 2.45) is 0 Å². The molecule has 1 aliphatic rings. The van der Waals surface area contributed by atoms with Crippen molar-refractivity contribution in [2.45, 2.75) is 32.7 Å². The number of carbonyl (C=O) groups excluding carboxylic acids is 1. The maximum Gasteiger partial charge on any atom is 0.248 e. The number of para-hydroxylation sites is 1. The molecule has 1 N–H and O–H groups in total. The number of hydrogen-bond donors (Lipinski definition) is 1. The highest BCUT2D eigenvalue weighted by Gasteiger charge is 2.30. The molecule has 156 valence electrons. The molecule has 1 aliphatic heterocycles. The van der Waals surface area contributed by atoms with Crippen LogP contribution in [0.1, 0.15) is 32.3 Å². The molecule has 0 aromatic heterocycles. The summed E-state index contributed by atoms with van der Waals surface area (Å²) >= 11 is 0. The second-order valence-corrected chi connectivity index (χ2v) is 9.15. The van der Waals surface area contributed by atoms with E-state index in [1.165, 1.54) is 0 Å². The second-order valence-electron chi connectivity index (χ2n) is 7.29. The Hall–Kier alpha value is -2.74. The molecule has 0 unspecified atom stereocenters. The van der Waals surface area contributed by atoms with Crippen LogP contribution in [0.2, 0.25) is 0 Å². The normalized spacial score (nSPS) is 14.4. The van der Waals surface area contributed by atoms with Gasteiger partial charge >= 0.3 is 0 Å². The van der Waals surface area contributed by atoms with E-state index in [1.807, 2.05) is 38.1 Å². The van der Waals surface area contributed by atoms with Crippen molar-refractivity contribution < 1.29 is 22.7 Å². The molecule has 0 fully saturated rings. The molecule has 29 heavy (non-hydrogen) atoms. The SMILES string of the molecule is CC(C)c1ccccc1NC(=O)[C@@H](C)N(c1ccc2c(c1)OCCO2)S(C)(=O)=O. The van der Waals surface area contributed by atoms with Crippen LogP contribution in [0.15, 0.2) is 42.5 Å². The summed E-state index contributed by atoms with van der Waals surface area (Å²) in [7, 11) is -3.73. The van der Waals surface area contributed by atoms with Crippen molar-refractivity contribution in [2.75, 3.05) is 29.1 Å². The minimum atomic E-state index is -3.73. The van der Waals surface area contributed by atoms with Crippen molar-refractivity contribution in [1.29, 1.82) is 0 Å². The molecule has 2 aromatic carbocycles. The molecule has 0 spiro atoms. The zero-order chi connectivity index (χ0) is 21.2. The monoisotopic (exact) mass is 418 g/mol. The minimum Gasteiger partial charge on any atom is -0.486 e. The third-order valence-electron chi connectivity index (χ3n) is 4.71. The van der Waals surface area contributed by atoms with E-state index in [2.05, 4.69) is 5.32 Å². The Morgan fingerprint density at radius 1 is 1.03 bits per heavy atom. The zero-order valence-electron chi connectivity index (χ0n) is 17.0. The first-order chi connectivity index (χ1) is 13.7. The molecule has 1 amide bonds. The highest BCUT2D eigenvalue weighted by molar-refractivity contribution is 7.92. The topological polar surface area (TPSA) is 84.9 Å². The van der Waals surface area contributed by atoms with Crippen LogP contribution in [0.5, 0.6) is 11.5 Å². The second kappa shape index (κ2) is 8.32. The number of benzene rings is 2. The Morgan fingerprint density at radius 2 is 1.69 bits per heavy atom. The number of fused-ring (bicyclic) bond motifs is 1. The summed E-state index contributed by atoms with van der Waals surface area (Å²) in [5.41, 5.74) is 2.00. The fourth-order valence-corrected chi connectivity index (χ4v) is 4.50. The van der Waals surface area contributed by atoms with Gasteiger partial charge in [-0.1, -0.05) is 32.0 Å². The van der Waals surface area contributed by atoms with E-state index in [0.717, 1.165) is 16.1 Å². The number of amides is 1. The van der Waals surface area contributed by atoms with Gasteiger partial charge in [-0.15, -0.1) is 0 Å². The molecule has 8 heteroatoms. The van der Waals surface area contributed by atoms with Crippen LogP contribution < -0.4 is 19.1 Å². The van der Waals surface area contributed by atoms with Crippen molar-refractivity contribution in [3.63, 3.8) is 0 Å². The van der Waals surface area contributed by atoms with E-state index < -0.39 is 22.0 Å². The maximum atomic E-state index is 13.0. The largest absolute Gasteiger partial charge is 0.486 e. The lowest BCUT2D eigenvalue weighted by Crippen LogP contribution is -2.45. The third-order valence-corrected chi connectivity index (χ3v) is 5.95. The molecular formula is C21H26N2O5S. The molecule has 1 atom stereocenters. The Morgan fingerprint density at radius 3 is 2.34 bits per heavy atom. The highest BCUT2D eigenvalue weighted by Crippen LogP contribution is 2.35. The van der Waals surface area contributed by atoms with Crippen molar-refractivity contribution >= 4 is 27.3 Å². The van der Waals surface area contributed by atoms with Crippen molar-refractivity contribution in [3.8, 4) is 11.5 Å². The lowest BCUT2D eigenvalue weighted by molar-refractivity contribution is -0.116. The van der Waals surface area contributed by atoms with Crippen LogP contribution in [0.25, 0.3) is 0 Å². The molecule has 7 nitrogen and oxygen atoms in total. The standard InChI is InChI=1S/C21H26N2O5S/c1-14(2)17-7-5-6-8-18(17)22-21(24)15(3)23(29(4,25)26)16-9-10-19-20(13-16)28-12-11-27-19/h5-10,13-15H,11-12H2,1-4H3,(H,22,24)/t15-/m1/s1. The summed E-state index contributed by atoms with van der Waals surface area (Å²) in [5.74, 6) is 0.806. The van der Waals surface area contributed by atoms with Gasteiger partial charge in [0.15, 0.2) is 11.5 Å². The van der Waals surface area contributed by atoms with Gasteiger partial charge in [-0.2, -0.15) is 0 Å². The first kappa shape index (κ1) is 21.0. The van der Waals surface area contributed by atoms with Gasteiger partial charge in [-0.3, -0.25) is 9.10 Å². The molecule has 0 bridgehead atoms. The average Bonchev–Trinajstić information content (AvgIpc) is 2.67. The number of hydrogen-bond acceptors (Lipinski definition) is 5. The highest BCUT2D eigenvalue weighted by atomic mass is 32.2. The van der Waals surface area contributed by atoms with Gasteiger partial charge in [0, 0.05) is 11.8 Å². The summed E-state index contributed by atoms with van der Waals surface area (Å²) in [4.78, 5) is 13.0. The van der Waals surface area contributed by atoms with Crippen LogP contribution in [0.3, 0.4) is 0 Å². The van der Waals surface area contributed by atoms with Gasteiger partial charge in [-0.05, 0) is 36.6 Å². The smallest absolute Gasteiger partial charge is 0.248 e. The molecule has 0 aliphatic carbocycles. The van der Waals surface area contributed by atoms with Gasteiger partial charge in [0.05, 0.1) is 11.9 Å². The summed E-state index contributed by atoms with van der Waals surface area (Å²) in [5, 5.41) is 2.88. The number of sulfonamides is 1. The van der Waals surface area contributed by atoms with Gasteiger partial charge in [0.1, 0.15) is 19.3 Å². The lowest BCUT2D eigenvalue weighted by Gasteiger charge is -2.29. The van der Waals surface area contributed by atoms with Gasteiger partial charge in [0.2, 0.25) is 15.9 Å². The number of carbonyl (C=O) groups is 1. The van der Waals surface area contributed by atoms with Crippen molar-refractivity contribution in [3.05, 3.63) is 48.0 Å². The van der Waals surface area contributed by atoms with E-state index in [4.69, 9.17) is 9.47 Å². The number of anilines is 2. The van der Waals surface area contributed by atoms with Gasteiger partial charge < -0.3 is 14.8 Å². The fourth-order valence-electron chi connectivity index (χ4n) is 3.33. The van der Waals surface area contributed by atoms with E-state index >= 15 is 0 Å². The molecule has 0 saturated heterocycles. The van der Waals surface area contributed by atoms with E-state index in [0.29, 0.717) is 36.1 Å². The van der Waals surface area contributed by atoms with E-state index in [-0.39, 0.29) is 5.92 Å². The number of nitrogens with zero attached hydrogens (tertiary/aromatic N) is 1. The van der Waals surface area contributed by atoms with Crippen molar-refractivity contribution in [1.82, 2.24) is 0 Å². The Balaban J connectivity index is 1.91. The lowest BCUT2D eigenvalue weighted by atomic mass is 10.0. The summed E-state index contributed by atoms with van der Waals surface area (Å²) in [6.45, 7) is 6.46. The van der Waals surface area contributed by atoms with Gasteiger partial charge in [-0.25, -0.2) is 8.42 Å². The van der Waals surface area contributed by atoms with E-state index in [1.54, 1.807) is 25.1 Å². The quantitative estimate of drug-likeness (QED) is 0.777. The zero-order valence-corrected chi connectivity index (χ0v) is 17.8. The van der Waals surface area contributed by atoms with Gasteiger partial charge in [0.25, 0.3) is 0 Å². The predicted octanol–water partition coefficient (Wildman–Crippen LogP) is 3.37. The molecule has 1 heterocycles. The van der Waals surface area contributed by atoms with Crippen LogP contribution in [-0.4, -0.2) is 39.8 Å². The first-order valence-electron chi connectivity index (χ1n) is 9.47. The van der Waals surface area contributed by atoms with Crippen LogP contribution in [-0.2, 0) is 14.8 Å². The summed E-state index contributed by atoms with van der Waals surface area (Å²) < 4.78 is 37.2. The predicted molar refractivity (Wildman–Crippen MR) is 113 cm³/mol. The Labute approximate surface area is 171 Å².